The minimum Gasteiger partial charge on any atom is -0.398 e. The van der Waals surface area contributed by atoms with Gasteiger partial charge in [0.25, 0.3) is 5.91 Å². The summed E-state index contributed by atoms with van der Waals surface area (Å²) in [6.45, 7) is 6.29. The zero-order valence-electron chi connectivity index (χ0n) is 12.0. The Labute approximate surface area is 115 Å². The van der Waals surface area contributed by atoms with Crippen LogP contribution >= 0.6 is 0 Å². The number of amides is 1. The Morgan fingerprint density at radius 2 is 2.00 bits per heavy atom. The molecule has 0 saturated heterocycles. The van der Waals surface area contributed by atoms with Gasteiger partial charge in [-0.1, -0.05) is 26.0 Å². The minimum atomic E-state index is -0.0849. The van der Waals surface area contributed by atoms with Gasteiger partial charge in [-0.25, -0.2) is 0 Å². The molecule has 1 aromatic carbocycles. The van der Waals surface area contributed by atoms with Crippen LogP contribution in [0.15, 0.2) is 18.2 Å². The molecule has 0 radical (unpaired) electrons. The summed E-state index contributed by atoms with van der Waals surface area (Å²) in [7, 11) is 0. The lowest BCUT2D eigenvalue weighted by Crippen LogP contribution is -2.42. The lowest BCUT2D eigenvalue weighted by Gasteiger charge is -2.31. The fraction of sp³-hybridized carbons (Fsp3) is 0.533. The first-order valence-electron chi connectivity index (χ1n) is 6.83. The Hall–Kier alpha value is -1.55. The van der Waals surface area contributed by atoms with E-state index >= 15 is 0 Å². The van der Waals surface area contributed by atoms with E-state index in [0.29, 0.717) is 17.8 Å². The molecule has 0 aliphatic carbocycles. The number of aryl methyl sites for hydroxylation is 1. The molecule has 0 heterocycles. The van der Waals surface area contributed by atoms with Crippen molar-refractivity contribution in [3.05, 3.63) is 29.3 Å². The third kappa shape index (κ3) is 3.47. The minimum absolute atomic E-state index is 0.0337. The lowest BCUT2D eigenvalue weighted by atomic mass is 10.0. The highest BCUT2D eigenvalue weighted by Gasteiger charge is 2.24. The maximum Gasteiger partial charge on any atom is 0.256 e. The normalized spacial score (nSPS) is 10.8. The Morgan fingerprint density at radius 1 is 1.37 bits per heavy atom. The molecule has 0 unspecified atom stereocenters. The number of hydrogen-bond acceptors (Lipinski definition) is 3. The Kier molecular flexibility index (Phi) is 5.83. The summed E-state index contributed by atoms with van der Waals surface area (Å²) >= 11 is 0. The second-order valence-electron chi connectivity index (χ2n) is 4.73. The molecule has 0 spiro atoms. The molecule has 0 fully saturated rings. The van der Waals surface area contributed by atoms with Crippen molar-refractivity contribution in [3.8, 4) is 0 Å². The van der Waals surface area contributed by atoms with Crippen molar-refractivity contribution >= 4 is 11.6 Å². The second-order valence-corrected chi connectivity index (χ2v) is 4.73. The van der Waals surface area contributed by atoms with Gasteiger partial charge >= 0.3 is 0 Å². The van der Waals surface area contributed by atoms with Crippen LogP contribution in [0.25, 0.3) is 0 Å². The van der Waals surface area contributed by atoms with Gasteiger partial charge in [0.05, 0.1) is 12.2 Å². The van der Waals surface area contributed by atoms with Gasteiger partial charge in [0, 0.05) is 18.3 Å². The second kappa shape index (κ2) is 7.14. The van der Waals surface area contributed by atoms with Crippen LogP contribution in [0.1, 0.15) is 42.6 Å². The van der Waals surface area contributed by atoms with Gasteiger partial charge < -0.3 is 15.7 Å². The molecule has 19 heavy (non-hydrogen) atoms. The Morgan fingerprint density at radius 3 is 2.47 bits per heavy atom. The number of nitrogens with zero attached hydrogens (tertiary/aromatic N) is 1. The third-order valence-corrected chi connectivity index (χ3v) is 3.50. The molecule has 0 aliphatic heterocycles. The van der Waals surface area contributed by atoms with Gasteiger partial charge in [-0.3, -0.25) is 4.79 Å². The van der Waals surface area contributed by atoms with Crippen molar-refractivity contribution in [1.82, 2.24) is 4.90 Å². The number of nitrogen functional groups attached to an aromatic ring is 1. The molecule has 106 valence electrons. The summed E-state index contributed by atoms with van der Waals surface area (Å²) < 4.78 is 0. The first kappa shape index (κ1) is 15.5. The summed E-state index contributed by atoms with van der Waals surface area (Å²) in [6, 6.07) is 5.60. The molecule has 1 aromatic rings. The molecule has 4 heteroatoms. The summed E-state index contributed by atoms with van der Waals surface area (Å²) in [5, 5.41) is 9.19. The van der Waals surface area contributed by atoms with Crippen LogP contribution in [-0.4, -0.2) is 35.1 Å². The van der Waals surface area contributed by atoms with Gasteiger partial charge in [0.1, 0.15) is 0 Å². The average molecular weight is 264 g/mol. The van der Waals surface area contributed by atoms with Crippen LogP contribution in [0.2, 0.25) is 0 Å². The first-order chi connectivity index (χ1) is 9.06. The monoisotopic (exact) mass is 264 g/mol. The van der Waals surface area contributed by atoms with E-state index in [1.165, 1.54) is 0 Å². The van der Waals surface area contributed by atoms with Gasteiger partial charge in [0.15, 0.2) is 0 Å². The van der Waals surface area contributed by atoms with Gasteiger partial charge in [-0.2, -0.15) is 0 Å². The predicted molar refractivity (Wildman–Crippen MR) is 78.1 cm³/mol. The summed E-state index contributed by atoms with van der Waals surface area (Å²) in [4.78, 5) is 14.4. The Balaban J connectivity index is 3.12. The van der Waals surface area contributed by atoms with Gasteiger partial charge in [-0.15, -0.1) is 0 Å². The number of aliphatic hydroxyl groups excluding tert-OH is 1. The number of hydrogen-bond donors (Lipinski definition) is 2. The fourth-order valence-corrected chi connectivity index (χ4v) is 2.41. The quantitative estimate of drug-likeness (QED) is 0.774. The summed E-state index contributed by atoms with van der Waals surface area (Å²) in [5.74, 6) is -0.0849. The van der Waals surface area contributed by atoms with Crippen LogP contribution in [0.5, 0.6) is 0 Å². The van der Waals surface area contributed by atoms with Gasteiger partial charge in [0.2, 0.25) is 0 Å². The lowest BCUT2D eigenvalue weighted by molar-refractivity contribution is 0.0622. The maximum atomic E-state index is 12.7. The van der Waals surface area contributed by atoms with Crippen LogP contribution < -0.4 is 5.73 Å². The van der Waals surface area contributed by atoms with Crippen molar-refractivity contribution in [2.24, 2.45) is 0 Å². The van der Waals surface area contributed by atoms with Crippen molar-refractivity contribution in [2.75, 3.05) is 18.9 Å². The standard InChI is InChI=1S/C15H24N2O2/c1-4-12(5-2)17(9-10-18)15(19)14-11(3)7-6-8-13(14)16/h6-8,12,18H,4-5,9-10,16H2,1-3H3. The smallest absolute Gasteiger partial charge is 0.256 e. The zero-order valence-corrected chi connectivity index (χ0v) is 12.0. The van der Waals surface area contributed by atoms with Crippen molar-refractivity contribution in [3.63, 3.8) is 0 Å². The molecular formula is C15H24N2O2. The van der Waals surface area contributed by atoms with Gasteiger partial charge in [-0.05, 0) is 31.4 Å². The molecule has 0 aromatic heterocycles. The number of nitrogens with two attached hydrogens (primary N) is 1. The maximum absolute atomic E-state index is 12.7. The predicted octanol–water partition coefficient (Wildman–Crippen LogP) is 2.20. The first-order valence-corrected chi connectivity index (χ1v) is 6.83. The van der Waals surface area contributed by atoms with E-state index in [0.717, 1.165) is 18.4 Å². The molecule has 1 amide bonds. The van der Waals surface area contributed by atoms with E-state index in [4.69, 9.17) is 5.73 Å². The number of aliphatic hydroxyl groups is 1. The molecule has 0 bridgehead atoms. The molecule has 4 nitrogen and oxygen atoms in total. The third-order valence-electron chi connectivity index (χ3n) is 3.50. The fourth-order valence-electron chi connectivity index (χ4n) is 2.41. The van der Waals surface area contributed by atoms with E-state index < -0.39 is 0 Å². The number of benzene rings is 1. The number of carbonyl (C=O) groups excluding carboxylic acids is 1. The van der Waals surface area contributed by atoms with E-state index in [2.05, 4.69) is 0 Å². The van der Waals surface area contributed by atoms with Crippen molar-refractivity contribution in [2.45, 2.75) is 39.7 Å². The molecule has 0 saturated carbocycles. The molecule has 0 atom stereocenters. The summed E-state index contributed by atoms with van der Waals surface area (Å²) in [6.07, 6.45) is 1.74. The zero-order chi connectivity index (χ0) is 14.4. The highest BCUT2D eigenvalue weighted by atomic mass is 16.3. The topological polar surface area (TPSA) is 66.6 Å². The van der Waals surface area contributed by atoms with Crippen LogP contribution in [0.4, 0.5) is 5.69 Å². The Bertz CT molecular complexity index is 408. The van der Waals surface area contributed by atoms with E-state index in [1.54, 1.807) is 11.0 Å². The highest BCUT2D eigenvalue weighted by Crippen LogP contribution is 2.21. The molecular weight excluding hydrogens is 240 g/mol. The van der Waals surface area contributed by atoms with Crippen molar-refractivity contribution < 1.29 is 9.90 Å². The average Bonchev–Trinajstić information content (AvgIpc) is 2.38. The van der Waals surface area contributed by atoms with E-state index in [1.807, 2.05) is 32.9 Å². The highest BCUT2D eigenvalue weighted by molar-refractivity contribution is 6.00. The van der Waals surface area contributed by atoms with Crippen LogP contribution in [0.3, 0.4) is 0 Å². The molecule has 0 aliphatic rings. The van der Waals surface area contributed by atoms with Crippen LogP contribution in [0, 0.1) is 6.92 Å². The SMILES string of the molecule is CCC(CC)N(CCO)C(=O)c1c(C)cccc1N. The largest absolute Gasteiger partial charge is 0.398 e. The molecule has 1 rings (SSSR count). The number of carbonyl (C=O) groups is 1. The molecule has 3 N–H and O–H groups in total. The summed E-state index contributed by atoms with van der Waals surface area (Å²) in [5.41, 5.74) is 7.86. The van der Waals surface area contributed by atoms with E-state index in [9.17, 15) is 9.90 Å². The van der Waals surface area contributed by atoms with Crippen molar-refractivity contribution in [1.29, 1.82) is 0 Å². The van der Waals surface area contributed by atoms with E-state index in [-0.39, 0.29) is 18.6 Å². The van der Waals surface area contributed by atoms with Crippen LogP contribution in [-0.2, 0) is 0 Å². The number of anilines is 1. The number of rotatable bonds is 6.